The lowest BCUT2D eigenvalue weighted by Crippen LogP contribution is -2.22. The third-order valence-corrected chi connectivity index (χ3v) is 8.19. The lowest BCUT2D eigenvalue weighted by atomic mass is 10.2. The van der Waals surface area contributed by atoms with Crippen LogP contribution in [0.1, 0.15) is 22.9 Å². The van der Waals surface area contributed by atoms with Gasteiger partial charge in [0.05, 0.1) is 26.9 Å². The summed E-state index contributed by atoms with van der Waals surface area (Å²) in [6.45, 7) is 6.03. The molecule has 2 aromatic heterocycles. The van der Waals surface area contributed by atoms with E-state index in [1.807, 2.05) is 38.1 Å². The van der Waals surface area contributed by atoms with Gasteiger partial charge in [-0.25, -0.2) is 4.98 Å². The number of halogens is 2. The van der Waals surface area contributed by atoms with Gasteiger partial charge in [-0.1, -0.05) is 59.6 Å². The van der Waals surface area contributed by atoms with E-state index in [4.69, 9.17) is 28.2 Å². The summed E-state index contributed by atoms with van der Waals surface area (Å²) >= 11 is 14.7. The predicted octanol–water partition coefficient (Wildman–Crippen LogP) is 6.66. The van der Waals surface area contributed by atoms with E-state index < -0.39 is 0 Å². The topological polar surface area (TPSA) is 64.0 Å². The van der Waals surface area contributed by atoms with Crippen molar-refractivity contribution in [2.24, 2.45) is 0 Å². The molecule has 0 spiro atoms. The molecule has 0 saturated carbocycles. The summed E-state index contributed by atoms with van der Waals surface area (Å²) in [6, 6.07) is 12.6. The number of hydrogen-bond acceptors (Lipinski definition) is 5. The number of aryl methyl sites for hydroxylation is 3. The Labute approximate surface area is 209 Å². The van der Waals surface area contributed by atoms with Gasteiger partial charge in [0.15, 0.2) is 5.16 Å². The van der Waals surface area contributed by atoms with Crippen molar-refractivity contribution in [1.29, 1.82) is 0 Å². The van der Waals surface area contributed by atoms with E-state index in [1.165, 1.54) is 23.1 Å². The molecule has 0 radical (unpaired) electrons. The van der Waals surface area contributed by atoms with Gasteiger partial charge in [0.1, 0.15) is 4.83 Å². The summed E-state index contributed by atoms with van der Waals surface area (Å²) in [6.07, 6.45) is 0.839. The molecular formula is C24H21Cl2N3O2S2. The molecule has 2 heterocycles. The molecular weight excluding hydrogens is 497 g/mol. The highest BCUT2D eigenvalue weighted by atomic mass is 35.5. The monoisotopic (exact) mass is 517 g/mol. The van der Waals surface area contributed by atoms with E-state index in [0.29, 0.717) is 31.1 Å². The highest BCUT2D eigenvalue weighted by molar-refractivity contribution is 7.99. The predicted molar refractivity (Wildman–Crippen MR) is 140 cm³/mol. The SMILES string of the molecule is CCc1sc2nc(SCC(=O)Nc3ccc(Cl)c(Cl)c3)n(-c3ccc(C)cc3)c(=O)c2c1C. The van der Waals surface area contributed by atoms with E-state index in [2.05, 4.69) is 12.2 Å². The fraction of sp³-hybridized carbons (Fsp3) is 0.208. The summed E-state index contributed by atoms with van der Waals surface area (Å²) in [5.74, 6) is -0.158. The molecule has 0 aliphatic carbocycles. The molecule has 2 aromatic carbocycles. The van der Waals surface area contributed by atoms with Crippen LogP contribution in [-0.2, 0) is 11.2 Å². The average molecular weight is 518 g/mol. The van der Waals surface area contributed by atoms with Gasteiger partial charge in [0.25, 0.3) is 5.56 Å². The smallest absolute Gasteiger partial charge is 0.267 e. The zero-order valence-corrected chi connectivity index (χ0v) is 21.4. The Balaban J connectivity index is 1.70. The normalized spacial score (nSPS) is 11.2. The maximum atomic E-state index is 13.6. The quantitative estimate of drug-likeness (QED) is 0.229. The minimum Gasteiger partial charge on any atom is -0.325 e. The number of thiophene rings is 1. The van der Waals surface area contributed by atoms with Gasteiger partial charge in [-0.05, 0) is 56.2 Å². The Hall–Kier alpha value is -2.32. The fourth-order valence-electron chi connectivity index (χ4n) is 3.47. The number of fused-ring (bicyclic) bond motifs is 1. The van der Waals surface area contributed by atoms with Crippen LogP contribution in [-0.4, -0.2) is 21.2 Å². The number of nitrogens with one attached hydrogen (secondary N) is 1. The summed E-state index contributed by atoms with van der Waals surface area (Å²) in [7, 11) is 0. The minimum atomic E-state index is -0.236. The highest BCUT2D eigenvalue weighted by Crippen LogP contribution is 2.31. The number of carbonyl (C=O) groups excluding carboxylic acids is 1. The molecule has 1 amide bonds. The number of hydrogen-bond donors (Lipinski definition) is 1. The largest absolute Gasteiger partial charge is 0.325 e. The fourth-order valence-corrected chi connectivity index (χ4v) is 5.74. The molecule has 0 unspecified atom stereocenters. The van der Waals surface area contributed by atoms with Gasteiger partial charge in [-0.3, -0.25) is 14.2 Å². The standard InChI is InChI=1S/C24H21Cl2N3O2S2/c1-4-19-14(3)21-22(33-19)28-24(29(23(21)31)16-8-5-13(2)6-9-16)32-12-20(30)27-15-7-10-17(25)18(26)11-15/h5-11H,4,12H2,1-3H3,(H,27,30). The first-order valence-electron chi connectivity index (χ1n) is 10.3. The molecule has 1 N–H and O–H groups in total. The second-order valence-corrected chi connectivity index (χ2v) is 10.4. The number of benzene rings is 2. The number of rotatable bonds is 6. The molecule has 0 bridgehead atoms. The van der Waals surface area contributed by atoms with Crippen LogP contribution in [0.2, 0.25) is 10.0 Å². The van der Waals surface area contributed by atoms with Gasteiger partial charge in [0, 0.05) is 10.6 Å². The first-order chi connectivity index (χ1) is 15.8. The van der Waals surface area contributed by atoms with Crippen LogP contribution in [0.5, 0.6) is 0 Å². The van der Waals surface area contributed by atoms with Crippen LogP contribution in [0.15, 0.2) is 52.4 Å². The molecule has 4 rings (SSSR count). The van der Waals surface area contributed by atoms with Crippen LogP contribution in [0.4, 0.5) is 5.69 Å². The molecule has 5 nitrogen and oxygen atoms in total. The number of carbonyl (C=O) groups is 1. The molecule has 0 aliphatic rings. The Bertz CT molecular complexity index is 1410. The molecule has 0 fully saturated rings. The summed E-state index contributed by atoms with van der Waals surface area (Å²) < 4.78 is 1.60. The van der Waals surface area contributed by atoms with Crippen molar-refractivity contribution in [2.75, 3.05) is 11.1 Å². The van der Waals surface area contributed by atoms with Crippen LogP contribution >= 0.6 is 46.3 Å². The third-order valence-electron chi connectivity index (χ3n) is 5.18. The zero-order valence-electron chi connectivity index (χ0n) is 18.2. The van der Waals surface area contributed by atoms with Crippen LogP contribution < -0.4 is 10.9 Å². The Morgan fingerprint density at radius 3 is 2.52 bits per heavy atom. The number of anilines is 1. The van der Waals surface area contributed by atoms with Crippen molar-refractivity contribution < 1.29 is 4.79 Å². The molecule has 0 atom stereocenters. The van der Waals surface area contributed by atoms with Gasteiger partial charge < -0.3 is 5.32 Å². The first kappa shape index (κ1) is 23.8. The summed E-state index contributed by atoms with van der Waals surface area (Å²) in [5, 5.41) is 4.70. The maximum Gasteiger partial charge on any atom is 0.267 e. The number of thioether (sulfide) groups is 1. The summed E-state index contributed by atoms with van der Waals surface area (Å²) in [5.41, 5.74) is 3.22. The number of amides is 1. The van der Waals surface area contributed by atoms with Crippen molar-refractivity contribution in [2.45, 2.75) is 32.3 Å². The molecule has 170 valence electrons. The van der Waals surface area contributed by atoms with Crippen molar-refractivity contribution in [3.8, 4) is 5.69 Å². The van der Waals surface area contributed by atoms with Crippen molar-refractivity contribution in [3.63, 3.8) is 0 Å². The van der Waals surface area contributed by atoms with Crippen molar-refractivity contribution in [3.05, 3.63) is 78.9 Å². The maximum absolute atomic E-state index is 13.6. The van der Waals surface area contributed by atoms with Gasteiger partial charge >= 0.3 is 0 Å². The third kappa shape index (κ3) is 4.96. The van der Waals surface area contributed by atoms with E-state index >= 15 is 0 Å². The summed E-state index contributed by atoms with van der Waals surface area (Å²) in [4.78, 5) is 32.8. The number of nitrogens with zero attached hydrogens (tertiary/aromatic N) is 2. The van der Waals surface area contributed by atoms with E-state index in [-0.39, 0.29) is 17.2 Å². The second kappa shape index (κ2) is 9.89. The second-order valence-electron chi connectivity index (χ2n) is 7.52. The minimum absolute atomic E-state index is 0.0784. The van der Waals surface area contributed by atoms with E-state index in [9.17, 15) is 9.59 Å². The van der Waals surface area contributed by atoms with Crippen molar-refractivity contribution >= 4 is 68.1 Å². The lowest BCUT2D eigenvalue weighted by molar-refractivity contribution is -0.113. The highest BCUT2D eigenvalue weighted by Gasteiger charge is 2.19. The van der Waals surface area contributed by atoms with Gasteiger partial charge in [-0.15, -0.1) is 11.3 Å². The molecule has 33 heavy (non-hydrogen) atoms. The Morgan fingerprint density at radius 1 is 1.12 bits per heavy atom. The van der Waals surface area contributed by atoms with Crippen LogP contribution in [0, 0.1) is 13.8 Å². The Morgan fingerprint density at radius 2 is 1.85 bits per heavy atom. The molecule has 0 saturated heterocycles. The Kier molecular flexibility index (Phi) is 7.14. The van der Waals surface area contributed by atoms with E-state index in [0.717, 1.165) is 28.1 Å². The number of aromatic nitrogens is 2. The lowest BCUT2D eigenvalue weighted by Gasteiger charge is -2.13. The molecule has 9 heteroatoms. The van der Waals surface area contributed by atoms with Crippen LogP contribution in [0.25, 0.3) is 15.9 Å². The molecule has 0 aliphatic heterocycles. The van der Waals surface area contributed by atoms with Crippen LogP contribution in [0.3, 0.4) is 0 Å². The average Bonchev–Trinajstić information content (AvgIpc) is 3.11. The van der Waals surface area contributed by atoms with E-state index in [1.54, 1.807) is 22.8 Å². The zero-order chi connectivity index (χ0) is 23.7. The van der Waals surface area contributed by atoms with Gasteiger partial charge in [0.2, 0.25) is 5.91 Å². The first-order valence-corrected chi connectivity index (χ1v) is 12.8. The molecule has 4 aromatic rings. The van der Waals surface area contributed by atoms with Gasteiger partial charge in [-0.2, -0.15) is 0 Å². The van der Waals surface area contributed by atoms with Crippen molar-refractivity contribution in [1.82, 2.24) is 9.55 Å².